The number of H-pyrrole nitrogens is 3. The first-order valence-corrected chi connectivity index (χ1v) is 10.4. The first-order chi connectivity index (χ1) is 15.2. The number of hydrogen-bond acceptors (Lipinski definition) is 2. The zero-order chi connectivity index (χ0) is 21.0. The van der Waals surface area contributed by atoms with Gasteiger partial charge in [-0.05, 0) is 91.4 Å². The molecule has 6 rings (SSSR count). The van der Waals surface area contributed by atoms with Gasteiger partial charge in [0.25, 0.3) is 0 Å². The maximum atomic E-state index is 4.63. The van der Waals surface area contributed by atoms with Gasteiger partial charge in [-0.3, -0.25) is 0 Å². The SMILES string of the molecule is C1=Cc2cc3ccc(cc4nc(cc5ccc(cc1n2)[nH]5)C=C4)[nH]3.CCc1ccc[nH]1.[Fe]. The quantitative estimate of drug-likeness (QED) is 0.254. The van der Waals surface area contributed by atoms with Crippen LogP contribution < -0.4 is 0 Å². The molecule has 0 atom stereocenters. The minimum atomic E-state index is 0. The second-order valence-corrected chi connectivity index (χ2v) is 7.45. The van der Waals surface area contributed by atoms with E-state index in [0.717, 1.165) is 51.3 Å². The molecule has 0 aliphatic carbocycles. The zero-order valence-corrected chi connectivity index (χ0v) is 18.7. The summed E-state index contributed by atoms with van der Waals surface area (Å²) in [5.41, 5.74) is 9.17. The van der Waals surface area contributed by atoms with Gasteiger partial charge in [0.1, 0.15) is 0 Å². The number of aromatic nitrogens is 5. The molecule has 6 heterocycles. The van der Waals surface area contributed by atoms with E-state index in [1.54, 1.807) is 0 Å². The van der Waals surface area contributed by atoms with Gasteiger partial charge in [0, 0.05) is 51.0 Å². The molecule has 2 aliphatic rings. The molecule has 3 N–H and O–H groups in total. The standard InChI is InChI=1S/C20H14N4.C6H9N.Fe/c1-2-14-10-16-5-6-18(23-16)12-20-8-7-19(24-20)11-17-4-3-15(22-17)9-13(1)21-14;1-2-6-4-3-5-7-6;/h1-12,21,24H;3-5,7H,2H2,1H3;. The van der Waals surface area contributed by atoms with Crippen LogP contribution in [0.4, 0.5) is 0 Å². The van der Waals surface area contributed by atoms with E-state index in [-0.39, 0.29) is 17.1 Å². The molecule has 0 amide bonds. The summed E-state index contributed by atoms with van der Waals surface area (Å²) < 4.78 is 0. The summed E-state index contributed by atoms with van der Waals surface area (Å²) in [7, 11) is 0. The van der Waals surface area contributed by atoms with E-state index in [4.69, 9.17) is 0 Å². The van der Waals surface area contributed by atoms with Gasteiger partial charge in [-0.15, -0.1) is 0 Å². The second-order valence-electron chi connectivity index (χ2n) is 7.45. The number of aromatic amines is 3. The average Bonchev–Trinajstić information content (AvgIpc) is 3.57. The fourth-order valence-electron chi connectivity index (χ4n) is 3.53. The monoisotopic (exact) mass is 461 g/mol. The number of hydrogen-bond donors (Lipinski definition) is 3. The van der Waals surface area contributed by atoms with Gasteiger partial charge in [-0.1, -0.05) is 6.92 Å². The van der Waals surface area contributed by atoms with Gasteiger partial charge in [-0.25, -0.2) is 9.97 Å². The third kappa shape index (κ3) is 5.17. The molecular formula is C26H23FeN5. The number of fused-ring (bicyclic) bond motifs is 8. The minimum Gasteiger partial charge on any atom is -0.365 e. The van der Waals surface area contributed by atoms with Crippen molar-refractivity contribution in [2.75, 3.05) is 0 Å². The minimum absolute atomic E-state index is 0. The van der Waals surface area contributed by atoms with Crippen molar-refractivity contribution in [3.05, 3.63) is 95.3 Å². The molecule has 0 unspecified atom stereocenters. The molecule has 160 valence electrons. The van der Waals surface area contributed by atoms with Crippen molar-refractivity contribution in [1.82, 2.24) is 24.9 Å². The van der Waals surface area contributed by atoms with Crippen LogP contribution in [0.5, 0.6) is 0 Å². The maximum Gasteiger partial charge on any atom is 0.0658 e. The van der Waals surface area contributed by atoms with Crippen LogP contribution in [0.2, 0.25) is 0 Å². The Morgan fingerprint density at radius 1 is 0.625 bits per heavy atom. The topological polar surface area (TPSA) is 73.2 Å². The van der Waals surface area contributed by atoms with E-state index in [0.29, 0.717) is 0 Å². The fourth-order valence-corrected chi connectivity index (χ4v) is 3.53. The number of nitrogens with zero attached hydrogens (tertiary/aromatic N) is 2. The van der Waals surface area contributed by atoms with Gasteiger partial charge in [-0.2, -0.15) is 0 Å². The second kappa shape index (κ2) is 9.69. The van der Waals surface area contributed by atoms with Crippen LogP contribution in [0.1, 0.15) is 35.4 Å². The third-order valence-corrected chi connectivity index (χ3v) is 5.09. The Balaban J connectivity index is 0.000000265. The summed E-state index contributed by atoms with van der Waals surface area (Å²) in [6, 6.07) is 20.5. The molecule has 0 aromatic carbocycles. The van der Waals surface area contributed by atoms with Crippen molar-refractivity contribution in [3.8, 4) is 0 Å². The van der Waals surface area contributed by atoms with Crippen LogP contribution in [-0.2, 0) is 23.5 Å². The van der Waals surface area contributed by atoms with E-state index >= 15 is 0 Å². The van der Waals surface area contributed by atoms with Crippen molar-refractivity contribution in [1.29, 1.82) is 0 Å². The van der Waals surface area contributed by atoms with E-state index < -0.39 is 0 Å². The first kappa shape index (κ1) is 21.6. The van der Waals surface area contributed by atoms with Crippen molar-refractivity contribution >= 4 is 46.4 Å². The molecule has 0 saturated carbocycles. The van der Waals surface area contributed by atoms with Crippen LogP contribution >= 0.6 is 0 Å². The smallest absolute Gasteiger partial charge is 0.0658 e. The molecular weight excluding hydrogens is 438 g/mol. The summed E-state index contributed by atoms with van der Waals surface area (Å²) in [6.45, 7) is 2.13. The molecule has 5 nitrogen and oxygen atoms in total. The third-order valence-electron chi connectivity index (χ3n) is 5.09. The Morgan fingerprint density at radius 3 is 1.31 bits per heavy atom. The van der Waals surface area contributed by atoms with E-state index in [2.05, 4.69) is 62.2 Å². The Bertz CT molecular complexity index is 1250. The molecule has 2 aliphatic heterocycles. The Hall–Kier alpha value is -3.60. The van der Waals surface area contributed by atoms with Crippen LogP contribution in [0.25, 0.3) is 46.4 Å². The number of nitrogens with one attached hydrogen (secondary N) is 3. The van der Waals surface area contributed by atoms with Gasteiger partial charge in [0.05, 0.1) is 22.8 Å². The number of aryl methyl sites for hydroxylation is 1. The molecule has 32 heavy (non-hydrogen) atoms. The average molecular weight is 461 g/mol. The molecule has 0 radical (unpaired) electrons. The fraction of sp³-hybridized carbons (Fsp3) is 0.0769. The summed E-state index contributed by atoms with van der Waals surface area (Å²) in [4.78, 5) is 19.1. The first-order valence-electron chi connectivity index (χ1n) is 10.4. The van der Waals surface area contributed by atoms with Crippen molar-refractivity contribution < 1.29 is 17.1 Å². The van der Waals surface area contributed by atoms with E-state index in [1.807, 2.05) is 60.8 Å². The largest absolute Gasteiger partial charge is 0.365 e. The van der Waals surface area contributed by atoms with Crippen LogP contribution in [0, 0.1) is 0 Å². The van der Waals surface area contributed by atoms with Crippen LogP contribution in [0.3, 0.4) is 0 Å². The van der Waals surface area contributed by atoms with Crippen LogP contribution in [0.15, 0.2) is 66.9 Å². The summed E-state index contributed by atoms with van der Waals surface area (Å²) >= 11 is 0. The molecule has 6 heteroatoms. The van der Waals surface area contributed by atoms with Crippen molar-refractivity contribution in [2.24, 2.45) is 0 Å². The van der Waals surface area contributed by atoms with Crippen LogP contribution in [-0.4, -0.2) is 24.9 Å². The Labute approximate surface area is 196 Å². The van der Waals surface area contributed by atoms with Gasteiger partial charge in [0.2, 0.25) is 0 Å². The van der Waals surface area contributed by atoms with Gasteiger partial charge >= 0.3 is 0 Å². The molecule has 4 aromatic rings. The molecule has 8 bridgehead atoms. The molecule has 0 fully saturated rings. The van der Waals surface area contributed by atoms with Gasteiger partial charge < -0.3 is 15.0 Å². The summed E-state index contributed by atoms with van der Waals surface area (Å²) in [5.74, 6) is 0. The number of rotatable bonds is 1. The van der Waals surface area contributed by atoms with Gasteiger partial charge in [0.15, 0.2) is 0 Å². The van der Waals surface area contributed by atoms with E-state index in [9.17, 15) is 0 Å². The molecule has 4 aromatic heterocycles. The van der Waals surface area contributed by atoms with Crippen molar-refractivity contribution in [3.63, 3.8) is 0 Å². The summed E-state index contributed by atoms with van der Waals surface area (Å²) in [6.07, 6.45) is 11.1. The summed E-state index contributed by atoms with van der Waals surface area (Å²) in [5, 5.41) is 0. The Kier molecular flexibility index (Phi) is 6.55. The maximum absolute atomic E-state index is 4.63. The predicted octanol–water partition coefficient (Wildman–Crippen LogP) is 6.23. The zero-order valence-electron chi connectivity index (χ0n) is 17.6. The molecule has 0 saturated heterocycles. The van der Waals surface area contributed by atoms with E-state index in [1.165, 1.54) is 5.69 Å². The normalized spacial score (nSPS) is 11.5. The predicted molar refractivity (Wildman–Crippen MR) is 129 cm³/mol. The van der Waals surface area contributed by atoms with Crippen molar-refractivity contribution in [2.45, 2.75) is 13.3 Å². The molecule has 0 spiro atoms. The Morgan fingerprint density at radius 2 is 1.03 bits per heavy atom.